The molecule has 3 heteroatoms. The zero-order valence-electron chi connectivity index (χ0n) is 8.90. The molecule has 1 atom stereocenters. The molecule has 1 aromatic rings. The van der Waals surface area contributed by atoms with Crippen LogP contribution in [0.5, 0.6) is 5.75 Å². The first-order valence-electron chi connectivity index (χ1n) is 5.32. The summed E-state index contributed by atoms with van der Waals surface area (Å²) in [5, 5.41) is 9.97. The van der Waals surface area contributed by atoms with Crippen LogP contribution in [0.25, 0.3) is 0 Å². The number of hydrogen-bond donors (Lipinski definition) is 1. The van der Waals surface area contributed by atoms with Crippen molar-refractivity contribution in [2.75, 3.05) is 12.4 Å². The predicted octanol–water partition coefficient (Wildman–Crippen LogP) is 2.76. The maximum absolute atomic E-state index is 9.97. The van der Waals surface area contributed by atoms with Crippen LogP contribution in [-0.4, -0.2) is 17.5 Å². The van der Waals surface area contributed by atoms with Gasteiger partial charge < -0.3 is 9.84 Å². The monoisotopic (exact) mass is 224 g/mol. The molecule has 0 saturated heterocycles. The van der Waals surface area contributed by atoms with Gasteiger partial charge in [-0.1, -0.05) is 6.07 Å². The van der Waals surface area contributed by atoms with E-state index in [1.54, 1.807) is 0 Å². The number of fused-ring (bicyclic) bond motifs is 1. The van der Waals surface area contributed by atoms with Crippen molar-refractivity contribution in [3.8, 4) is 5.75 Å². The lowest BCUT2D eigenvalue weighted by atomic mass is 10.0. The normalized spacial score (nSPS) is 20.5. The highest BCUT2D eigenvalue weighted by atomic mass is 32.2. The smallest absolute Gasteiger partial charge is 0.119 e. The van der Waals surface area contributed by atoms with E-state index in [9.17, 15) is 5.11 Å². The highest BCUT2D eigenvalue weighted by Crippen LogP contribution is 2.32. The maximum Gasteiger partial charge on any atom is 0.119 e. The van der Waals surface area contributed by atoms with Gasteiger partial charge in [0.05, 0.1) is 12.7 Å². The number of aliphatic hydroxyl groups excluding tert-OH is 1. The van der Waals surface area contributed by atoms with Gasteiger partial charge in [0.1, 0.15) is 5.75 Å². The van der Waals surface area contributed by atoms with Gasteiger partial charge in [-0.2, -0.15) is 11.8 Å². The molecule has 82 valence electrons. The fourth-order valence-corrected chi connectivity index (χ4v) is 2.82. The molecule has 0 fully saturated rings. The van der Waals surface area contributed by atoms with Crippen molar-refractivity contribution >= 4 is 11.8 Å². The SMILES string of the molecule is CCOc1ccc2c(c1)[C@@H](O)CCSC2. The van der Waals surface area contributed by atoms with Gasteiger partial charge >= 0.3 is 0 Å². The van der Waals surface area contributed by atoms with E-state index in [2.05, 4.69) is 6.07 Å². The number of hydrogen-bond acceptors (Lipinski definition) is 3. The van der Waals surface area contributed by atoms with Crippen LogP contribution in [0.4, 0.5) is 0 Å². The van der Waals surface area contributed by atoms with E-state index in [1.807, 2.05) is 30.8 Å². The van der Waals surface area contributed by atoms with Crippen molar-refractivity contribution in [2.45, 2.75) is 25.2 Å². The fraction of sp³-hybridized carbons (Fsp3) is 0.500. The fourth-order valence-electron chi connectivity index (χ4n) is 1.80. The molecule has 0 saturated carbocycles. The Morgan fingerprint density at radius 2 is 2.40 bits per heavy atom. The van der Waals surface area contributed by atoms with Crippen LogP contribution < -0.4 is 4.74 Å². The highest BCUT2D eigenvalue weighted by molar-refractivity contribution is 7.98. The van der Waals surface area contributed by atoms with Crippen LogP contribution >= 0.6 is 11.8 Å². The summed E-state index contributed by atoms with van der Waals surface area (Å²) in [4.78, 5) is 0. The Morgan fingerprint density at radius 3 is 3.20 bits per heavy atom. The highest BCUT2D eigenvalue weighted by Gasteiger charge is 2.16. The first-order valence-corrected chi connectivity index (χ1v) is 6.48. The number of aliphatic hydroxyl groups is 1. The zero-order chi connectivity index (χ0) is 10.7. The van der Waals surface area contributed by atoms with Crippen LogP contribution in [0.1, 0.15) is 30.6 Å². The minimum Gasteiger partial charge on any atom is -0.494 e. The van der Waals surface area contributed by atoms with Crippen LogP contribution in [0.2, 0.25) is 0 Å². The van der Waals surface area contributed by atoms with E-state index < -0.39 is 0 Å². The Balaban J connectivity index is 2.31. The molecule has 0 spiro atoms. The van der Waals surface area contributed by atoms with Gasteiger partial charge in [-0.25, -0.2) is 0 Å². The molecule has 0 unspecified atom stereocenters. The van der Waals surface area contributed by atoms with Crippen molar-refractivity contribution < 1.29 is 9.84 Å². The third-order valence-electron chi connectivity index (χ3n) is 2.58. The lowest BCUT2D eigenvalue weighted by Crippen LogP contribution is -2.01. The van der Waals surface area contributed by atoms with Crippen molar-refractivity contribution in [2.24, 2.45) is 0 Å². The van der Waals surface area contributed by atoms with Gasteiger partial charge in [-0.15, -0.1) is 0 Å². The number of rotatable bonds is 2. The molecule has 1 N–H and O–H groups in total. The molecule has 1 aromatic carbocycles. The van der Waals surface area contributed by atoms with E-state index in [4.69, 9.17) is 4.74 Å². The predicted molar refractivity (Wildman–Crippen MR) is 63.3 cm³/mol. The van der Waals surface area contributed by atoms with Crippen molar-refractivity contribution in [1.82, 2.24) is 0 Å². The minimum atomic E-state index is -0.324. The molecule has 0 aromatic heterocycles. The Kier molecular flexibility index (Phi) is 3.54. The molecule has 0 aliphatic carbocycles. The summed E-state index contributed by atoms with van der Waals surface area (Å²) in [6.45, 7) is 2.64. The number of thioether (sulfide) groups is 1. The molecule has 0 bridgehead atoms. The van der Waals surface area contributed by atoms with Gasteiger partial charge in [0.2, 0.25) is 0 Å². The largest absolute Gasteiger partial charge is 0.494 e. The molecular weight excluding hydrogens is 208 g/mol. The molecule has 15 heavy (non-hydrogen) atoms. The van der Waals surface area contributed by atoms with Crippen LogP contribution in [0.15, 0.2) is 18.2 Å². The molecule has 2 nitrogen and oxygen atoms in total. The zero-order valence-corrected chi connectivity index (χ0v) is 9.72. The number of ether oxygens (including phenoxy) is 1. The summed E-state index contributed by atoms with van der Waals surface area (Å²) in [5.41, 5.74) is 2.29. The lowest BCUT2D eigenvalue weighted by molar-refractivity contribution is 0.174. The summed E-state index contributed by atoms with van der Waals surface area (Å²) in [6.07, 6.45) is 0.517. The molecule has 0 amide bonds. The molecule has 1 aliphatic heterocycles. The van der Waals surface area contributed by atoms with Gasteiger partial charge in [-0.3, -0.25) is 0 Å². The van der Waals surface area contributed by atoms with Crippen molar-refractivity contribution in [1.29, 1.82) is 0 Å². The standard InChI is InChI=1S/C12H16O2S/c1-2-14-10-4-3-9-8-15-6-5-12(13)11(9)7-10/h3-4,7,12-13H,2,5-6,8H2,1H3/t12-/m0/s1. The van der Waals surface area contributed by atoms with Crippen molar-refractivity contribution in [3.05, 3.63) is 29.3 Å². The third-order valence-corrected chi connectivity index (χ3v) is 3.62. The van der Waals surface area contributed by atoms with Gasteiger partial charge in [0, 0.05) is 5.75 Å². The third kappa shape index (κ3) is 2.47. The molecule has 1 heterocycles. The Hall–Kier alpha value is -0.670. The second-order valence-corrected chi connectivity index (χ2v) is 4.76. The van der Waals surface area contributed by atoms with E-state index in [1.165, 1.54) is 5.56 Å². The second-order valence-electron chi connectivity index (χ2n) is 3.65. The van der Waals surface area contributed by atoms with Crippen LogP contribution in [-0.2, 0) is 5.75 Å². The quantitative estimate of drug-likeness (QED) is 0.837. The number of benzene rings is 1. The average molecular weight is 224 g/mol. The van der Waals surface area contributed by atoms with Crippen LogP contribution in [0, 0.1) is 0 Å². The Morgan fingerprint density at radius 1 is 1.53 bits per heavy atom. The summed E-state index contributed by atoms with van der Waals surface area (Å²) in [5.74, 6) is 2.89. The molecule has 2 rings (SSSR count). The Labute approximate surface area is 94.6 Å². The lowest BCUT2D eigenvalue weighted by Gasteiger charge is -2.13. The molecule has 1 aliphatic rings. The first-order chi connectivity index (χ1) is 7.31. The van der Waals surface area contributed by atoms with Crippen LogP contribution in [0.3, 0.4) is 0 Å². The summed E-state index contributed by atoms with van der Waals surface area (Å²) < 4.78 is 5.44. The van der Waals surface area contributed by atoms with E-state index in [-0.39, 0.29) is 6.10 Å². The topological polar surface area (TPSA) is 29.5 Å². The Bertz CT molecular complexity index is 338. The van der Waals surface area contributed by atoms with E-state index in [0.29, 0.717) is 6.61 Å². The van der Waals surface area contributed by atoms with E-state index >= 15 is 0 Å². The molecular formula is C12H16O2S. The first kappa shape index (κ1) is 10.8. The maximum atomic E-state index is 9.97. The molecule has 0 radical (unpaired) electrons. The van der Waals surface area contributed by atoms with Gasteiger partial charge in [0.15, 0.2) is 0 Å². The minimum absolute atomic E-state index is 0.324. The summed E-state index contributed by atoms with van der Waals surface area (Å²) in [7, 11) is 0. The van der Waals surface area contributed by atoms with Crippen molar-refractivity contribution in [3.63, 3.8) is 0 Å². The van der Waals surface area contributed by atoms with Gasteiger partial charge in [0.25, 0.3) is 0 Å². The summed E-state index contributed by atoms with van der Waals surface area (Å²) in [6, 6.07) is 6.04. The van der Waals surface area contributed by atoms with Gasteiger partial charge in [-0.05, 0) is 42.4 Å². The van der Waals surface area contributed by atoms with E-state index in [0.717, 1.165) is 29.2 Å². The second kappa shape index (κ2) is 4.90. The summed E-state index contributed by atoms with van der Waals surface area (Å²) >= 11 is 1.88. The average Bonchev–Trinajstić information content (AvgIpc) is 2.42.